The molecule has 0 radical (unpaired) electrons. The van der Waals surface area contributed by atoms with Gasteiger partial charge in [0.1, 0.15) is 0 Å². The summed E-state index contributed by atoms with van der Waals surface area (Å²) in [6.07, 6.45) is 0. The number of benzene rings is 1. The highest BCUT2D eigenvalue weighted by Crippen LogP contribution is 2.22. The lowest BCUT2D eigenvalue weighted by Gasteiger charge is -2.05. The second-order valence-electron chi connectivity index (χ2n) is 4.43. The predicted molar refractivity (Wildman–Crippen MR) is 81.3 cm³/mol. The highest BCUT2D eigenvalue weighted by Gasteiger charge is 2.09. The van der Waals surface area contributed by atoms with E-state index in [2.05, 4.69) is 10.6 Å². The minimum Gasteiger partial charge on any atom is -0.355 e. The van der Waals surface area contributed by atoms with Crippen LogP contribution in [0.1, 0.15) is 21.5 Å². The molecule has 1 aromatic heterocycles. The number of nitrogens with one attached hydrogen (secondary N) is 2. The van der Waals surface area contributed by atoms with Gasteiger partial charge in [-0.1, -0.05) is 23.5 Å². The molecule has 2 rings (SSSR count). The van der Waals surface area contributed by atoms with Crippen LogP contribution in [0.15, 0.2) is 35.7 Å². The lowest BCUT2D eigenvalue weighted by molar-refractivity contribution is -0.380. The molecule has 0 atom stereocenters. The first-order chi connectivity index (χ1) is 10.1. The van der Waals surface area contributed by atoms with E-state index in [1.165, 1.54) is 0 Å². The average Bonchev–Trinajstić information content (AvgIpc) is 2.96. The summed E-state index contributed by atoms with van der Waals surface area (Å²) in [4.78, 5) is 21.6. The summed E-state index contributed by atoms with van der Waals surface area (Å²) in [5.74, 6) is -0.111. The molecular formula is C14H15N3O3S. The Labute approximate surface area is 126 Å². The Morgan fingerprint density at radius 2 is 1.90 bits per heavy atom. The van der Waals surface area contributed by atoms with Gasteiger partial charge in [0, 0.05) is 37.1 Å². The van der Waals surface area contributed by atoms with Gasteiger partial charge in [0.15, 0.2) is 0 Å². The Hall–Kier alpha value is -2.25. The third kappa shape index (κ3) is 4.11. The van der Waals surface area contributed by atoms with Crippen molar-refractivity contribution in [3.05, 3.63) is 62.5 Å². The Kier molecular flexibility index (Phi) is 5.02. The standard InChI is InChI=1S/C14H15N3O3S/c1-15-14(18)12-4-2-10(3-5-12)7-16-8-11-6-13(17(19)20)21-9-11/h2-6,9,16H,7-8H2,1H3,(H,15,18). The second kappa shape index (κ2) is 6.96. The average molecular weight is 305 g/mol. The van der Waals surface area contributed by atoms with Gasteiger partial charge in [-0.2, -0.15) is 0 Å². The van der Waals surface area contributed by atoms with Crippen molar-refractivity contribution in [3.63, 3.8) is 0 Å². The third-order valence-electron chi connectivity index (χ3n) is 2.92. The lowest BCUT2D eigenvalue weighted by atomic mass is 10.1. The van der Waals surface area contributed by atoms with Gasteiger partial charge in [0.05, 0.1) is 4.92 Å². The fourth-order valence-corrected chi connectivity index (χ4v) is 2.55. The fraction of sp³-hybridized carbons (Fsp3) is 0.214. The number of amides is 1. The van der Waals surface area contributed by atoms with Crippen molar-refractivity contribution in [2.45, 2.75) is 13.1 Å². The maximum atomic E-state index is 11.4. The largest absolute Gasteiger partial charge is 0.355 e. The highest BCUT2D eigenvalue weighted by atomic mass is 32.1. The van der Waals surface area contributed by atoms with Crippen LogP contribution in [0, 0.1) is 10.1 Å². The summed E-state index contributed by atoms with van der Waals surface area (Å²) < 4.78 is 0. The van der Waals surface area contributed by atoms with Gasteiger partial charge in [-0.3, -0.25) is 14.9 Å². The summed E-state index contributed by atoms with van der Waals surface area (Å²) in [5, 5.41) is 18.3. The summed E-state index contributed by atoms with van der Waals surface area (Å²) in [6.45, 7) is 1.21. The zero-order chi connectivity index (χ0) is 15.2. The number of hydrogen-bond acceptors (Lipinski definition) is 5. The molecule has 0 bridgehead atoms. The van der Waals surface area contributed by atoms with Crippen LogP contribution < -0.4 is 10.6 Å². The summed E-state index contributed by atoms with van der Waals surface area (Å²) >= 11 is 1.13. The molecule has 2 aromatic rings. The molecule has 0 aliphatic carbocycles. The first kappa shape index (κ1) is 15.1. The molecule has 7 heteroatoms. The SMILES string of the molecule is CNC(=O)c1ccc(CNCc2csc([N+](=O)[O-])c2)cc1. The van der Waals surface area contributed by atoms with E-state index in [0.29, 0.717) is 18.7 Å². The molecule has 0 aliphatic rings. The van der Waals surface area contributed by atoms with E-state index in [4.69, 9.17) is 0 Å². The molecule has 1 amide bonds. The van der Waals surface area contributed by atoms with Gasteiger partial charge in [-0.05, 0) is 23.3 Å². The van der Waals surface area contributed by atoms with Crippen molar-refractivity contribution in [2.24, 2.45) is 0 Å². The number of nitro groups is 1. The van der Waals surface area contributed by atoms with E-state index < -0.39 is 0 Å². The van der Waals surface area contributed by atoms with Crippen LogP contribution in [0.25, 0.3) is 0 Å². The molecule has 21 heavy (non-hydrogen) atoms. The van der Waals surface area contributed by atoms with Crippen molar-refractivity contribution < 1.29 is 9.72 Å². The van der Waals surface area contributed by atoms with E-state index in [1.807, 2.05) is 12.1 Å². The first-order valence-corrected chi connectivity index (χ1v) is 7.21. The Morgan fingerprint density at radius 3 is 2.48 bits per heavy atom. The highest BCUT2D eigenvalue weighted by molar-refractivity contribution is 7.13. The first-order valence-electron chi connectivity index (χ1n) is 6.33. The van der Waals surface area contributed by atoms with Gasteiger partial charge in [0.25, 0.3) is 5.91 Å². The van der Waals surface area contributed by atoms with Crippen molar-refractivity contribution in [3.8, 4) is 0 Å². The molecule has 2 N–H and O–H groups in total. The maximum absolute atomic E-state index is 11.4. The number of hydrogen-bond donors (Lipinski definition) is 2. The summed E-state index contributed by atoms with van der Waals surface area (Å²) in [7, 11) is 1.60. The number of carbonyl (C=O) groups is 1. The van der Waals surface area contributed by atoms with E-state index in [-0.39, 0.29) is 15.8 Å². The van der Waals surface area contributed by atoms with E-state index in [1.54, 1.807) is 30.6 Å². The number of thiophene rings is 1. The van der Waals surface area contributed by atoms with Gasteiger partial charge in [-0.15, -0.1) is 0 Å². The zero-order valence-corrected chi connectivity index (χ0v) is 12.3. The minimum atomic E-state index is -0.383. The number of nitrogens with zero attached hydrogens (tertiary/aromatic N) is 1. The number of carbonyl (C=O) groups excluding carboxylic acids is 1. The van der Waals surface area contributed by atoms with Crippen LogP contribution in [0.3, 0.4) is 0 Å². The monoisotopic (exact) mass is 305 g/mol. The Morgan fingerprint density at radius 1 is 1.24 bits per heavy atom. The topological polar surface area (TPSA) is 84.3 Å². The van der Waals surface area contributed by atoms with Gasteiger partial charge in [0.2, 0.25) is 0 Å². The van der Waals surface area contributed by atoms with E-state index in [9.17, 15) is 14.9 Å². The quantitative estimate of drug-likeness (QED) is 0.633. The van der Waals surface area contributed by atoms with Crippen LogP contribution in [-0.2, 0) is 13.1 Å². The summed E-state index contributed by atoms with van der Waals surface area (Å²) in [5.41, 5.74) is 2.57. The van der Waals surface area contributed by atoms with Crippen molar-refractivity contribution in [1.82, 2.24) is 10.6 Å². The molecule has 0 spiro atoms. The van der Waals surface area contributed by atoms with Gasteiger partial charge >= 0.3 is 5.00 Å². The third-order valence-corrected chi connectivity index (χ3v) is 3.85. The molecule has 0 unspecified atom stereocenters. The molecule has 110 valence electrons. The molecule has 0 aliphatic heterocycles. The smallest absolute Gasteiger partial charge is 0.324 e. The lowest BCUT2D eigenvalue weighted by Crippen LogP contribution is -2.18. The van der Waals surface area contributed by atoms with Crippen molar-refractivity contribution >= 4 is 22.2 Å². The molecule has 0 fully saturated rings. The second-order valence-corrected chi connectivity index (χ2v) is 5.32. The predicted octanol–water partition coefficient (Wildman–Crippen LogP) is 2.31. The summed E-state index contributed by atoms with van der Waals surface area (Å²) in [6, 6.07) is 8.88. The molecule has 1 heterocycles. The fourth-order valence-electron chi connectivity index (χ4n) is 1.82. The van der Waals surface area contributed by atoms with Crippen molar-refractivity contribution in [1.29, 1.82) is 0 Å². The van der Waals surface area contributed by atoms with Crippen LogP contribution in [0.5, 0.6) is 0 Å². The van der Waals surface area contributed by atoms with Crippen LogP contribution in [0.4, 0.5) is 5.00 Å². The van der Waals surface area contributed by atoms with Crippen LogP contribution in [-0.4, -0.2) is 17.9 Å². The molecule has 0 saturated carbocycles. The van der Waals surface area contributed by atoms with E-state index >= 15 is 0 Å². The Bertz CT molecular complexity index is 637. The maximum Gasteiger partial charge on any atom is 0.324 e. The number of rotatable bonds is 6. The van der Waals surface area contributed by atoms with Crippen LogP contribution >= 0.6 is 11.3 Å². The normalized spacial score (nSPS) is 10.3. The molecule has 6 nitrogen and oxygen atoms in total. The van der Waals surface area contributed by atoms with Gasteiger partial charge in [-0.25, -0.2) is 0 Å². The van der Waals surface area contributed by atoms with Gasteiger partial charge < -0.3 is 10.6 Å². The van der Waals surface area contributed by atoms with Crippen LogP contribution in [0.2, 0.25) is 0 Å². The zero-order valence-electron chi connectivity index (χ0n) is 11.5. The molecular weight excluding hydrogens is 290 g/mol. The van der Waals surface area contributed by atoms with Crippen molar-refractivity contribution in [2.75, 3.05) is 7.05 Å². The minimum absolute atomic E-state index is 0.111. The molecule has 1 aromatic carbocycles. The Balaban J connectivity index is 1.85. The molecule has 0 saturated heterocycles. The van der Waals surface area contributed by atoms with E-state index in [0.717, 1.165) is 22.5 Å².